The number of ether oxygens (including phenoxy) is 1. The summed E-state index contributed by atoms with van der Waals surface area (Å²) in [7, 11) is 0. The molecule has 0 bridgehead atoms. The van der Waals surface area contributed by atoms with E-state index >= 15 is 0 Å². The number of benzene rings is 3. The van der Waals surface area contributed by atoms with E-state index in [2.05, 4.69) is 10.6 Å². The van der Waals surface area contributed by atoms with Gasteiger partial charge >= 0.3 is 0 Å². The summed E-state index contributed by atoms with van der Waals surface area (Å²) in [5, 5.41) is 5.42. The molecule has 3 rings (SSSR count). The fourth-order valence-electron chi connectivity index (χ4n) is 2.35. The first-order valence-electron chi connectivity index (χ1n) is 8.35. The minimum atomic E-state index is -0.487. The van der Waals surface area contributed by atoms with Crippen molar-refractivity contribution >= 4 is 34.8 Å². The van der Waals surface area contributed by atoms with Gasteiger partial charge in [-0.2, -0.15) is 0 Å². The lowest BCUT2D eigenvalue weighted by Gasteiger charge is -2.10. The normalized spacial score (nSPS) is 10.2. The lowest BCUT2D eigenvalue weighted by Crippen LogP contribution is -2.20. The molecule has 0 spiro atoms. The number of carbonyl (C=O) groups is 2. The Bertz CT molecular complexity index is 979. The third kappa shape index (κ3) is 5.31. The van der Waals surface area contributed by atoms with Crippen LogP contribution in [0.25, 0.3) is 0 Å². The summed E-state index contributed by atoms with van der Waals surface area (Å²) in [4.78, 5) is 24.1. The minimum Gasteiger partial charge on any atom is -0.484 e. The predicted molar refractivity (Wildman–Crippen MR) is 106 cm³/mol. The van der Waals surface area contributed by atoms with Gasteiger partial charge in [-0.25, -0.2) is 4.39 Å². The third-order valence-electron chi connectivity index (χ3n) is 3.72. The van der Waals surface area contributed by atoms with Crippen LogP contribution in [0.4, 0.5) is 15.8 Å². The molecule has 0 aliphatic heterocycles. The number of anilines is 2. The van der Waals surface area contributed by atoms with Gasteiger partial charge in [-0.15, -0.1) is 0 Å². The van der Waals surface area contributed by atoms with Crippen LogP contribution >= 0.6 is 11.6 Å². The number of carbonyl (C=O) groups excluding carboxylic acids is 2. The first kappa shape index (κ1) is 19.4. The molecule has 0 fully saturated rings. The van der Waals surface area contributed by atoms with Crippen LogP contribution in [0.15, 0.2) is 72.8 Å². The van der Waals surface area contributed by atoms with Gasteiger partial charge in [-0.05, 0) is 54.6 Å². The summed E-state index contributed by atoms with van der Waals surface area (Å²) < 4.78 is 18.4. The average molecular weight is 399 g/mol. The second-order valence-electron chi connectivity index (χ2n) is 5.81. The summed E-state index contributed by atoms with van der Waals surface area (Å²) in [6, 6.07) is 19.2. The molecule has 0 saturated carbocycles. The van der Waals surface area contributed by atoms with Crippen molar-refractivity contribution in [3.8, 4) is 5.75 Å². The topological polar surface area (TPSA) is 67.4 Å². The van der Waals surface area contributed by atoms with E-state index in [0.717, 1.165) is 6.07 Å². The van der Waals surface area contributed by atoms with Crippen molar-refractivity contribution in [2.24, 2.45) is 0 Å². The molecule has 5 nitrogen and oxygen atoms in total. The zero-order valence-corrected chi connectivity index (χ0v) is 15.4. The van der Waals surface area contributed by atoms with Crippen molar-refractivity contribution < 1.29 is 18.7 Å². The fourth-order valence-corrected chi connectivity index (χ4v) is 2.57. The van der Waals surface area contributed by atoms with Crippen LogP contribution in [0.2, 0.25) is 5.02 Å². The van der Waals surface area contributed by atoms with Crippen molar-refractivity contribution in [1.29, 1.82) is 0 Å². The van der Waals surface area contributed by atoms with Crippen LogP contribution in [0.5, 0.6) is 5.75 Å². The van der Waals surface area contributed by atoms with E-state index in [1.54, 1.807) is 48.5 Å². The van der Waals surface area contributed by atoms with Crippen LogP contribution in [0.3, 0.4) is 0 Å². The largest absolute Gasteiger partial charge is 0.484 e. The van der Waals surface area contributed by atoms with E-state index < -0.39 is 11.7 Å². The highest BCUT2D eigenvalue weighted by Gasteiger charge is 2.09. The van der Waals surface area contributed by atoms with Crippen molar-refractivity contribution in [3.05, 3.63) is 89.2 Å². The van der Waals surface area contributed by atoms with Gasteiger partial charge in [0.1, 0.15) is 11.6 Å². The molecular weight excluding hydrogens is 383 g/mol. The van der Waals surface area contributed by atoms with Gasteiger partial charge in [-0.1, -0.05) is 29.8 Å². The summed E-state index contributed by atoms with van der Waals surface area (Å²) >= 11 is 5.86. The molecule has 2 N–H and O–H groups in total. The zero-order valence-electron chi connectivity index (χ0n) is 14.6. The SMILES string of the molecule is O=C(COc1ccc(NC(=O)c2ccccc2)cc1)Nc1ccc(F)cc1Cl. The van der Waals surface area contributed by atoms with E-state index in [0.29, 0.717) is 22.7 Å². The molecule has 0 radical (unpaired) electrons. The molecule has 0 aliphatic rings. The first-order valence-corrected chi connectivity index (χ1v) is 8.73. The highest BCUT2D eigenvalue weighted by Crippen LogP contribution is 2.22. The monoisotopic (exact) mass is 398 g/mol. The van der Waals surface area contributed by atoms with Crippen LogP contribution < -0.4 is 15.4 Å². The van der Waals surface area contributed by atoms with E-state index in [4.69, 9.17) is 16.3 Å². The highest BCUT2D eigenvalue weighted by atomic mass is 35.5. The van der Waals surface area contributed by atoms with Gasteiger partial charge in [0.05, 0.1) is 10.7 Å². The summed E-state index contributed by atoms with van der Waals surface area (Å²) in [5.74, 6) is -0.684. The van der Waals surface area contributed by atoms with E-state index in [1.807, 2.05) is 6.07 Å². The van der Waals surface area contributed by atoms with E-state index in [9.17, 15) is 14.0 Å². The molecule has 3 aromatic carbocycles. The number of amides is 2. The Labute approximate surface area is 166 Å². The number of halogens is 2. The standard InChI is InChI=1S/C21H16ClFN2O3/c22-18-12-15(23)6-11-19(18)25-20(26)13-28-17-9-7-16(8-10-17)24-21(27)14-4-2-1-3-5-14/h1-12H,13H2,(H,24,27)(H,25,26). The second-order valence-corrected chi connectivity index (χ2v) is 6.21. The fraction of sp³-hybridized carbons (Fsp3) is 0.0476. The maximum atomic E-state index is 13.0. The maximum absolute atomic E-state index is 13.0. The van der Waals surface area contributed by atoms with Crippen molar-refractivity contribution in [2.45, 2.75) is 0 Å². The Kier molecular flexibility index (Phi) is 6.24. The smallest absolute Gasteiger partial charge is 0.262 e. The second kappa shape index (κ2) is 9.01. The third-order valence-corrected chi connectivity index (χ3v) is 4.04. The Morgan fingerprint density at radius 3 is 2.32 bits per heavy atom. The minimum absolute atomic E-state index is 0.104. The van der Waals surface area contributed by atoms with Gasteiger partial charge < -0.3 is 15.4 Å². The van der Waals surface area contributed by atoms with Gasteiger partial charge in [0.15, 0.2) is 6.61 Å². The van der Waals surface area contributed by atoms with Gasteiger partial charge in [-0.3, -0.25) is 9.59 Å². The Hall–Kier alpha value is -3.38. The molecule has 0 atom stereocenters. The molecule has 7 heteroatoms. The average Bonchev–Trinajstić information content (AvgIpc) is 2.70. The maximum Gasteiger partial charge on any atom is 0.262 e. The lowest BCUT2D eigenvalue weighted by molar-refractivity contribution is -0.118. The molecule has 0 saturated heterocycles. The van der Waals surface area contributed by atoms with Gasteiger partial charge in [0.25, 0.3) is 11.8 Å². The molecule has 0 heterocycles. The van der Waals surface area contributed by atoms with Gasteiger partial charge in [0.2, 0.25) is 0 Å². The van der Waals surface area contributed by atoms with E-state index in [-0.39, 0.29) is 17.5 Å². The van der Waals surface area contributed by atoms with Crippen molar-refractivity contribution in [2.75, 3.05) is 17.2 Å². The predicted octanol–water partition coefficient (Wildman–Crippen LogP) is 4.75. The molecule has 28 heavy (non-hydrogen) atoms. The highest BCUT2D eigenvalue weighted by molar-refractivity contribution is 6.33. The number of nitrogens with one attached hydrogen (secondary N) is 2. The lowest BCUT2D eigenvalue weighted by atomic mass is 10.2. The molecule has 3 aromatic rings. The Balaban J connectivity index is 1.51. The van der Waals surface area contributed by atoms with Crippen LogP contribution in [0.1, 0.15) is 10.4 Å². The molecule has 0 aromatic heterocycles. The van der Waals surface area contributed by atoms with Crippen molar-refractivity contribution in [3.63, 3.8) is 0 Å². The van der Waals surface area contributed by atoms with Gasteiger partial charge in [0, 0.05) is 11.3 Å². The number of rotatable bonds is 6. The summed E-state index contributed by atoms with van der Waals surface area (Å²) in [6.45, 7) is -0.247. The molecular formula is C21H16ClFN2O3. The number of hydrogen-bond donors (Lipinski definition) is 2. The van der Waals surface area contributed by atoms with Crippen LogP contribution in [0, 0.1) is 5.82 Å². The van der Waals surface area contributed by atoms with Crippen LogP contribution in [-0.2, 0) is 4.79 Å². The molecule has 142 valence electrons. The van der Waals surface area contributed by atoms with Crippen molar-refractivity contribution in [1.82, 2.24) is 0 Å². The molecule has 0 aliphatic carbocycles. The zero-order chi connectivity index (χ0) is 19.9. The number of hydrogen-bond acceptors (Lipinski definition) is 3. The summed E-state index contributed by atoms with van der Waals surface area (Å²) in [5.41, 5.74) is 1.46. The Morgan fingerprint density at radius 2 is 1.64 bits per heavy atom. The molecule has 0 unspecified atom stereocenters. The Morgan fingerprint density at radius 1 is 0.929 bits per heavy atom. The van der Waals surface area contributed by atoms with Crippen LogP contribution in [-0.4, -0.2) is 18.4 Å². The quantitative estimate of drug-likeness (QED) is 0.629. The molecule has 2 amide bonds. The van der Waals surface area contributed by atoms with E-state index in [1.165, 1.54) is 12.1 Å². The first-order chi connectivity index (χ1) is 13.5. The summed E-state index contributed by atoms with van der Waals surface area (Å²) in [6.07, 6.45) is 0.